The first kappa shape index (κ1) is 14.0. The average molecular weight is 309 g/mol. The Bertz CT molecular complexity index is 320. The lowest BCUT2D eigenvalue weighted by molar-refractivity contribution is 0.181. The number of methoxy groups -OCH3 is 1. The summed E-state index contributed by atoms with van der Waals surface area (Å²) in [6, 6.07) is 0.0868. The highest BCUT2D eigenvalue weighted by atomic mass is 79.9. The minimum Gasteiger partial charge on any atom is -0.383 e. The number of halogens is 1. The van der Waals surface area contributed by atoms with Crippen molar-refractivity contribution < 1.29 is 4.74 Å². The minimum absolute atomic E-state index is 0.0868. The average Bonchev–Trinajstić information content (AvgIpc) is 2.65. The van der Waals surface area contributed by atoms with Gasteiger partial charge < -0.3 is 4.74 Å². The highest BCUT2D eigenvalue weighted by molar-refractivity contribution is 9.10. The highest BCUT2D eigenvalue weighted by Crippen LogP contribution is 2.24. The van der Waals surface area contributed by atoms with E-state index in [0.717, 1.165) is 22.5 Å². The number of thioether (sulfide) groups is 1. The lowest BCUT2D eigenvalue weighted by atomic mass is 10.2. The maximum atomic E-state index is 5.56. The molecule has 16 heavy (non-hydrogen) atoms. The van der Waals surface area contributed by atoms with Gasteiger partial charge in [0.1, 0.15) is 0 Å². The van der Waals surface area contributed by atoms with Gasteiger partial charge in [-0.25, -0.2) is 0 Å². The number of hydrogen-bond donors (Lipinski definition) is 2. The van der Waals surface area contributed by atoms with Gasteiger partial charge in [-0.15, -0.1) is 0 Å². The SMILES string of the molecule is COCCn1ncc(Br)c1C(CSC)NN. The van der Waals surface area contributed by atoms with Crippen molar-refractivity contribution in [3.8, 4) is 0 Å². The van der Waals surface area contributed by atoms with E-state index in [9.17, 15) is 0 Å². The second-order valence-electron chi connectivity index (χ2n) is 3.27. The van der Waals surface area contributed by atoms with Crippen LogP contribution >= 0.6 is 27.7 Å². The Morgan fingerprint density at radius 1 is 1.75 bits per heavy atom. The first-order valence-corrected chi connectivity index (χ1v) is 7.08. The Morgan fingerprint density at radius 2 is 2.50 bits per heavy atom. The van der Waals surface area contributed by atoms with Gasteiger partial charge in [0.15, 0.2) is 0 Å². The van der Waals surface area contributed by atoms with Crippen LogP contribution in [-0.4, -0.2) is 35.5 Å². The van der Waals surface area contributed by atoms with Crippen molar-refractivity contribution in [1.82, 2.24) is 15.2 Å². The van der Waals surface area contributed by atoms with Crippen LogP contribution in [0.5, 0.6) is 0 Å². The van der Waals surface area contributed by atoms with E-state index in [1.54, 1.807) is 25.1 Å². The lowest BCUT2D eigenvalue weighted by Gasteiger charge is -2.17. The molecule has 1 atom stereocenters. The van der Waals surface area contributed by atoms with Crippen LogP contribution in [0, 0.1) is 0 Å². The summed E-state index contributed by atoms with van der Waals surface area (Å²) in [6.07, 6.45) is 3.84. The van der Waals surface area contributed by atoms with E-state index in [1.165, 1.54) is 0 Å². The molecule has 0 bridgehead atoms. The Kier molecular flexibility index (Phi) is 6.37. The van der Waals surface area contributed by atoms with Crippen molar-refractivity contribution >= 4 is 27.7 Å². The van der Waals surface area contributed by atoms with Crippen LogP contribution in [0.3, 0.4) is 0 Å². The molecule has 5 nitrogen and oxygen atoms in total. The fourth-order valence-electron chi connectivity index (χ4n) is 1.45. The molecule has 1 aromatic rings. The summed E-state index contributed by atoms with van der Waals surface area (Å²) in [7, 11) is 1.68. The van der Waals surface area contributed by atoms with Crippen molar-refractivity contribution in [3.63, 3.8) is 0 Å². The van der Waals surface area contributed by atoms with Crippen molar-refractivity contribution in [2.24, 2.45) is 5.84 Å². The zero-order chi connectivity index (χ0) is 12.0. The van der Waals surface area contributed by atoms with Crippen molar-refractivity contribution in [3.05, 3.63) is 16.4 Å². The monoisotopic (exact) mass is 308 g/mol. The van der Waals surface area contributed by atoms with Crippen LogP contribution in [0.2, 0.25) is 0 Å². The highest BCUT2D eigenvalue weighted by Gasteiger charge is 2.18. The number of hydrazine groups is 1. The third kappa shape index (κ3) is 3.46. The number of hydrogen-bond acceptors (Lipinski definition) is 5. The molecule has 0 spiro atoms. The number of nitrogens with zero attached hydrogens (tertiary/aromatic N) is 2. The van der Waals surface area contributed by atoms with Crippen LogP contribution in [0.1, 0.15) is 11.7 Å². The smallest absolute Gasteiger partial charge is 0.0730 e. The van der Waals surface area contributed by atoms with Gasteiger partial charge in [0.25, 0.3) is 0 Å². The molecule has 7 heteroatoms. The minimum atomic E-state index is 0.0868. The summed E-state index contributed by atoms with van der Waals surface area (Å²) in [5.74, 6) is 6.46. The summed E-state index contributed by atoms with van der Waals surface area (Å²) >= 11 is 5.23. The molecule has 0 aliphatic carbocycles. The molecule has 1 heterocycles. The van der Waals surface area contributed by atoms with Gasteiger partial charge in [-0.3, -0.25) is 16.0 Å². The van der Waals surface area contributed by atoms with E-state index in [1.807, 2.05) is 10.9 Å². The Labute approximate surface area is 108 Å². The molecule has 0 aromatic carbocycles. The third-order valence-corrected chi connectivity index (χ3v) is 3.48. The van der Waals surface area contributed by atoms with Crippen molar-refractivity contribution in [2.45, 2.75) is 12.6 Å². The standard InChI is InChI=1S/C9H17BrN4OS/c1-15-4-3-14-9(7(10)5-12-14)8(13-11)6-16-2/h5,8,13H,3-4,6,11H2,1-2H3. The van der Waals surface area contributed by atoms with E-state index in [4.69, 9.17) is 10.6 Å². The summed E-state index contributed by atoms with van der Waals surface area (Å²) in [5.41, 5.74) is 3.87. The zero-order valence-electron chi connectivity index (χ0n) is 9.44. The molecule has 1 rings (SSSR count). The predicted molar refractivity (Wildman–Crippen MR) is 70.2 cm³/mol. The molecular weight excluding hydrogens is 292 g/mol. The third-order valence-electron chi connectivity index (χ3n) is 2.21. The first-order chi connectivity index (χ1) is 7.74. The van der Waals surface area contributed by atoms with Crippen LogP contribution < -0.4 is 11.3 Å². The van der Waals surface area contributed by atoms with E-state index in [-0.39, 0.29) is 6.04 Å². The number of ether oxygens (including phenoxy) is 1. The molecule has 0 radical (unpaired) electrons. The topological polar surface area (TPSA) is 65.1 Å². The van der Waals surface area contributed by atoms with Gasteiger partial charge in [0.05, 0.1) is 35.6 Å². The molecule has 92 valence electrons. The fraction of sp³-hybridized carbons (Fsp3) is 0.667. The van der Waals surface area contributed by atoms with Gasteiger partial charge >= 0.3 is 0 Å². The molecule has 0 saturated carbocycles. The van der Waals surface area contributed by atoms with Crippen LogP contribution in [0.15, 0.2) is 10.7 Å². The van der Waals surface area contributed by atoms with Crippen molar-refractivity contribution in [2.75, 3.05) is 25.7 Å². The molecule has 0 amide bonds. The Morgan fingerprint density at radius 3 is 3.06 bits per heavy atom. The van der Waals surface area contributed by atoms with Crippen LogP contribution in [-0.2, 0) is 11.3 Å². The molecule has 1 unspecified atom stereocenters. The molecule has 0 aliphatic heterocycles. The largest absolute Gasteiger partial charge is 0.383 e. The van der Waals surface area contributed by atoms with E-state index in [0.29, 0.717) is 6.61 Å². The molecule has 0 fully saturated rings. The molecular formula is C9H17BrN4OS. The summed E-state index contributed by atoms with van der Waals surface area (Å²) < 4.78 is 7.93. The number of nitrogens with two attached hydrogens (primary N) is 1. The van der Waals surface area contributed by atoms with Crippen molar-refractivity contribution in [1.29, 1.82) is 0 Å². The number of aromatic nitrogens is 2. The van der Waals surface area contributed by atoms with Gasteiger partial charge in [0, 0.05) is 12.9 Å². The Balaban J connectivity index is 2.85. The fourth-order valence-corrected chi connectivity index (χ4v) is 2.61. The predicted octanol–water partition coefficient (Wildman–Crippen LogP) is 1.16. The lowest BCUT2D eigenvalue weighted by Crippen LogP contribution is -2.32. The molecule has 3 N–H and O–H groups in total. The second-order valence-corrected chi connectivity index (χ2v) is 5.03. The quantitative estimate of drug-likeness (QED) is 0.584. The maximum absolute atomic E-state index is 5.56. The molecule has 0 saturated heterocycles. The number of rotatable bonds is 7. The summed E-state index contributed by atoms with van der Waals surface area (Å²) in [6.45, 7) is 1.36. The van der Waals surface area contributed by atoms with Gasteiger partial charge in [-0.1, -0.05) is 0 Å². The van der Waals surface area contributed by atoms with Crippen LogP contribution in [0.25, 0.3) is 0 Å². The van der Waals surface area contributed by atoms with E-state index >= 15 is 0 Å². The maximum Gasteiger partial charge on any atom is 0.0730 e. The summed E-state index contributed by atoms with van der Waals surface area (Å²) in [4.78, 5) is 0. The summed E-state index contributed by atoms with van der Waals surface area (Å²) in [5, 5.41) is 4.29. The zero-order valence-corrected chi connectivity index (χ0v) is 11.8. The normalized spacial score (nSPS) is 13.0. The van der Waals surface area contributed by atoms with Gasteiger partial charge in [-0.05, 0) is 22.2 Å². The Hall–Kier alpha value is -0.0800. The molecule has 0 aliphatic rings. The number of nitrogens with one attached hydrogen (secondary N) is 1. The molecule has 1 aromatic heterocycles. The van der Waals surface area contributed by atoms with Crippen LogP contribution in [0.4, 0.5) is 0 Å². The second kappa shape index (κ2) is 7.29. The van der Waals surface area contributed by atoms with E-state index < -0.39 is 0 Å². The van der Waals surface area contributed by atoms with Gasteiger partial charge in [0.2, 0.25) is 0 Å². The first-order valence-electron chi connectivity index (χ1n) is 4.89. The van der Waals surface area contributed by atoms with E-state index in [2.05, 4.69) is 26.5 Å². The van der Waals surface area contributed by atoms with Gasteiger partial charge in [-0.2, -0.15) is 16.9 Å².